The maximum absolute atomic E-state index is 12.5. The quantitative estimate of drug-likeness (QED) is 0.852. The van der Waals surface area contributed by atoms with Gasteiger partial charge in [0.15, 0.2) is 0 Å². The predicted molar refractivity (Wildman–Crippen MR) is 86.9 cm³/mol. The lowest BCUT2D eigenvalue weighted by atomic mass is 9.87. The van der Waals surface area contributed by atoms with Gasteiger partial charge in [-0.3, -0.25) is 9.69 Å². The first-order chi connectivity index (χ1) is 11.1. The van der Waals surface area contributed by atoms with E-state index >= 15 is 0 Å². The minimum atomic E-state index is 0.265. The maximum Gasteiger partial charge on any atom is 0.236 e. The fraction of sp³-hybridized carbons (Fsp3) is 0.824. The van der Waals surface area contributed by atoms with Crippen LogP contribution in [0.1, 0.15) is 57.3 Å². The molecule has 0 spiro atoms. The van der Waals surface area contributed by atoms with Crippen molar-refractivity contribution in [2.45, 2.75) is 57.4 Å². The second kappa shape index (κ2) is 7.43. The summed E-state index contributed by atoms with van der Waals surface area (Å²) in [5, 5.41) is 7.76. The number of nitrogens with zero attached hydrogens (tertiary/aromatic N) is 4. The van der Waals surface area contributed by atoms with E-state index in [0.29, 0.717) is 18.5 Å². The lowest BCUT2D eigenvalue weighted by Crippen LogP contribution is -2.46. The molecule has 0 aromatic carbocycles. The third kappa shape index (κ3) is 4.10. The van der Waals surface area contributed by atoms with Crippen molar-refractivity contribution >= 4 is 5.91 Å². The molecule has 1 aliphatic carbocycles. The summed E-state index contributed by atoms with van der Waals surface area (Å²) in [7, 11) is 1.98. The lowest BCUT2D eigenvalue weighted by molar-refractivity contribution is -0.134. The van der Waals surface area contributed by atoms with Gasteiger partial charge in [0.2, 0.25) is 18.2 Å². The Morgan fingerprint density at radius 3 is 2.57 bits per heavy atom. The summed E-state index contributed by atoms with van der Waals surface area (Å²) in [6.07, 6.45) is 8.17. The van der Waals surface area contributed by atoms with Crippen LogP contribution in [0, 0.1) is 5.92 Å². The maximum atomic E-state index is 12.5. The molecule has 0 N–H and O–H groups in total. The molecule has 2 heterocycles. The molecule has 2 fully saturated rings. The van der Waals surface area contributed by atoms with Gasteiger partial charge >= 0.3 is 0 Å². The molecule has 23 heavy (non-hydrogen) atoms. The largest absolute Gasteiger partial charge is 0.428 e. The first-order valence-electron chi connectivity index (χ1n) is 8.87. The summed E-state index contributed by atoms with van der Waals surface area (Å²) in [5.41, 5.74) is 0. The van der Waals surface area contributed by atoms with Gasteiger partial charge in [-0.25, -0.2) is 0 Å². The number of aromatic nitrogens is 2. The summed E-state index contributed by atoms with van der Waals surface area (Å²) in [6.45, 7) is 4.70. The number of piperidine rings is 1. The Morgan fingerprint density at radius 1 is 1.26 bits per heavy atom. The van der Waals surface area contributed by atoms with Crippen LogP contribution in [-0.4, -0.2) is 58.6 Å². The smallest absolute Gasteiger partial charge is 0.236 e. The summed E-state index contributed by atoms with van der Waals surface area (Å²) < 4.78 is 5.30. The fourth-order valence-corrected chi connectivity index (χ4v) is 3.83. The molecule has 1 aromatic rings. The van der Waals surface area contributed by atoms with E-state index in [1.807, 2.05) is 11.9 Å². The van der Waals surface area contributed by atoms with E-state index in [9.17, 15) is 4.79 Å². The second-order valence-corrected chi connectivity index (χ2v) is 7.25. The van der Waals surface area contributed by atoms with Crippen LogP contribution in [0.3, 0.4) is 0 Å². The van der Waals surface area contributed by atoms with Gasteiger partial charge in [0, 0.05) is 19.0 Å². The van der Waals surface area contributed by atoms with Gasteiger partial charge in [0.1, 0.15) is 0 Å². The van der Waals surface area contributed by atoms with Crippen molar-refractivity contribution in [3.8, 4) is 0 Å². The molecule has 0 atom stereocenters. The van der Waals surface area contributed by atoms with Gasteiger partial charge in [-0.1, -0.05) is 6.92 Å². The molecule has 1 amide bonds. The zero-order chi connectivity index (χ0) is 16.2. The number of carbonyl (C=O) groups excluding carboxylic acids is 1. The first kappa shape index (κ1) is 16.4. The van der Waals surface area contributed by atoms with E-state index in [1.54, 1.807) is 0 Å². The van der Waals surface area contributed by atoms with Crippen molar-refractivity contribution in [1.82, 2.24) is 20.0 Å². The Kier molecular flexibility index (Phi) is 5.30. The second-order valence-electron chi connectivity index (χ2n) is 7.25. The third-order valence-corrected chi connectivity index (χ3v) is 5.60. The molecule has 0 unspecified atom stereocenters. The standard InChI is InChI=1S/C17H28N4O2/c1-13-3-5-15(6-4-13)20(2)16(22)11-21-9-7-14(8-10-21)17-19-18-12-23-17/h12-15H,3-11H2,1-2H3. The molecular formula is C17H28N4O2. The number of likely N-dealkylation sites (tertiary alicyclic amines) is 1. The average molecular weight is 320 g/mol. The van der Waals surface area contributed by atoms with Crippen molar-refractivity contribution in [2.75, 3.05) is 26.7 Å². The van der Waals surface area contributed by atoms with Crippen molar-refractivity contribution in [2.24, 2.45) is 5.92 Å². The van der Waals surface area contributed by atoms with Crippen LogP contribution in [0.4, 0.5) is 0 Å². The van der Waals surface area contributed by atoms with Crippen molar-refractivity contribution in [3.05, 3.63) is 12.3 Å². The number of hydrogen-bond donors (Lipinski definition) is 0. The van der Waals surface area contributed by atoms with Gasteiger partial charge in [-0.2, -0.15) is 0 Å². The van der Waals surface area contributed by atoms with Gasteiger partial charge in [0.05, 0.1) is 6.54 Å². The zero-order valence-electron chi connectivity index (χ0n) is 14.3. The Hall–Kier alpha value is -1.43. The molecule has 0 bridgehead atoms. The summed E-state index contributed by atoms with van der Waals surface area (Å²) in [5.74, 6) is 2.17. The Labute approximate surface area is 138 Å². The highest BCUT2D eigenvalue weighted by atomic mass is 16.4. The van der Waals surface area contributed by atoms with E-state index in [0.717, 1.165) is 50.6 Å². The SMILES string of the molecule is CC1CCC(N(C)C(=O)CN2CCC(c3nnco3)CC2)CC1. The molecule has 1 saturated heterocycles. The van der Waals surface area contributed by atoms with Crippen molar-refractivity contribution in [1.29, 1.82) is 0 Å². The van der Waals surface area contributed by atoms with Crippen LogP contribution >= 0.6 is 0 Å². The normalized spacial score (nSPS) is 27.0. The summed E-state index contributed by atoms with van der Waals surface area (Å²) >= 11 is 0. The molecule has 1 aliphatic heterocycles. The van der Waals surface area contributed by atoms with Crippen LogP contribution in [0.15, 0.2) is 10.8 Å². The van der Waals surface area contributed by atoms with Crippen molar-refractivity contribution < 1.29 is 9.21 Å². The number of likely N-dealkylation sites (N-methyl/N-ethyl adjacent to an activating group) is 1. The van der Waals surface area contributed by atoms with Crippen LogP contribution in [0.2, 0.25) is 0 Å². The Morgan fingerprint density at radius 2 is 1.96 bits per heavy atom. The molecule has 2 aliphatic rings. The van der Waals surface area contributed by atoms with Crippen LogP contribution in [-0.2, 0) is 4.79 Å². The molecule has 3 rings (SSSR count). The first-order valence-corrected chi connectivity index (χ1v) is 8.87. The Bertz CT molecular complexity index is 489. The number of amides is 1. The predicted octanol–water partition coefficient (Wildman–Crippen LogP) is 2.29. The van der Waals surface area contributed by atoms with E-state index in [4.69, 9.17) is 4.42 Å². The van der Waals surface area contributed by atoms with Crippen LogP contribution < -0.4 is 0 Å². The third-order valence-electron chi connectivity index (χ3n) is 5.60. The average Bonchev–Trinajstić information content (AvgIpc) is 3.10. The number of carbonyl (C=O) groups is 1. The lowest BCUT2D eigenvalue weighted by Gasteiger charge is -2.36. The molecular weight excluding hydrogens is 292 g/mol. The van der Waals surface area contributed by atoms with E-state index in [-0.39, 0.29) is 5.91 Å². The van der Waals surface area contributed by atoms with Crippen molar-refractivity contribution in [3.63, 3.8) is 0 Å². The zero-order valence-corrected chi connectivity index (χ0v) is 14.3. The van der Waals surface area contributed by atoms with Crippen LogP contribution in [0.25, 0.3) is 0 Å². The molecule has 6 heteroatoms. The van der Waals surface area contributed by atoms with E-state index in [1.165, 1.54) is 19.2 Å². The van der Waals surface area contributed by atoms with Gasteiger partial charge in [-0.15, -0.1) is 10.2 Å². The van der Waals surface area contributed by atoms with Crippen LogP contribution in [0.5, 0.6) is 0 Å². The monoisotopic (exact) mass is 320 g/mol. The highest BCUT2D eigenvalue weighted by Gasteiger charge is 2.28. The molecule has 128 valence electrons. The molecule has 1 saturated carbocycles. The number of rotatable bonds is 4. The van der Waals surface area contributed by atoms with E-state index in [2.05, 4.69) is 22.0 Å². The topological polar surface area (TPSA) is 62.5 Å². The molecule has 1 aromatic heterocycles. The van der Waals surface area contributed by atoms with Gasteiger partial charge < -0.3 is 9.32 Å². The minimum Gasteiger partial charge on any atom is -0.428 e. The fourth-order valence-electron chi connectivity index (χ4n) is 3.83. The summed E-state index contributed by atoms with van der Waals surface area (Å²) in [6, 6.07) is 0.439. The minimum absolute atomic E-state index is 0.265. The number of hydrogen-bond acceptors (Lipinski definition) is 5. The van der Waals surface area contributed by atoms with Gasteiger partial charge in [-0.05, 0) is 57.5 Å². The van der Waals surface area contributed by atoms with Gasteiger partial charge in [0.25, 0.3) is 0 Å². The molecule has 0 radical (unpaired) electrons. The van der Waals surface area contributed by atoms with E-state index < -0.39 is 0 Å². The highest BCUT2D eigenvalue weighted by molar-refractivity contribution is 5.78. The summed E-state index contributed by atoms with van der Waals surface area (Å²) in [4.78, 5) is 16.8. The highest BCUT2D eigenvalue weighted by Crippen LogP contribution is 2.28. The Balaban J connectivity index is 1.43. The molecule has 6 nitrogen and oxygen atoms in total.